The molecule has 2 heterocycles. The van der Waals surface area contributed by atoms with Crippen molar-refractivity contribution in [2.24, 2.45) is 0 Å². The van der Waals surface area contributed by atoms with E-state index in [0.717, 1.165) is 24.6 Å². The van der Waals surface area contributed by atoms with Crippen LogP contribution in [-0.2, 0) is 16.4 Å². The van der Waals surface area contributed by atoms with Crippen LogP contribution in [0.3, 0.4) is 0 Å². The molecule has 0 aromatic carbocycles. The molecule has 1 aromatic rings. The minimum Gasteiger partial charge on any atom is -0.356 e. The highest BCUT2D eigenvalue weighted by Gasteiger charge is 2.20. The lowest BCUT2D eigenvalue weighted by Crippen LogP contribution is -2.28. The molecule has 1 aliphatic heterocycles. The van der Waals surface area contributed by atoms with Gasteiger partial charge in [0.2, 0.25) is 0 Å². The summed E-state index contributed by atoms with van der Waals surface area (Å²) in [4.78, 5) is 6.67. The van der Waals surface area contributed by atoms with Gasteiger partial charge in [0.15, 0.2) is 9.84 Å². The molecular weight excluding hydrogens is 286 g/mol. The van der Waals surface area contributed by atoms with E-state index in [1.165, 1.54) is 5.56 Å². The first-order valence-electron chi connectivity index (χ1n) is 7.52. The normalized spacial score (nSPS) is 18.8. The second kappa shape index (κ2) is 6.75. The summed E-state index contributed by atoms with van der Waals surface area (Å²) in [5.41, 5.74) is 2.17. The molecule has 0 saturated carbocycles. The number of sulfone groups is 1. The lowest BCUT2D eigenvalue weighted by Gasteiger charge is -2.22. The lowest BCUT2D eigenvalue weighted by molar-refractivity contribution is 0.588. The summed E-state index contributed by atoms with van der Waals surface area (Å²) in [6.45, 7) is 8.32. The Balaban J connectivity index is 2.15. The number of hydrogen-bond donors (Lipinski definition) is 1. The van der Waals surface area contributed by atoms with Gasteiger partial charge in [-0.05, 0) is 31.0 Å². The van der Waals surface area contributed by atoms with Crippen molar-refractivity contribution in [1.82, 2.24) is 10.3 Å². The quantitative estimate of drug-likeness (QED) is 0.913. The van der Waals surface area contributed by atoms with Crippen LogP contribution in [0.1, 0.15) is 31.5 Å². The molecule has 118 valence electrons. The Kier molecular flexibility index (Phi) is 5.22. The minimum absolute atomic E-state index is 0.224. The molecule has 1 fully saturated rings. The Labute approximate surface area is 127 Å². The van der Waals surface area contributed by atoms with E-state index in [1.54, 1.807) is 0 Å². The third-order valence-corrected chi connectivity index (χ3v) is 5.31. The fourth-order valence-corrected chi connectivity index (χ4v) is 3.75. The van der Waals surface area contributed by atoms with Gasteiger partial charge in [-0.15, -0.1) is 0 Å². The van der Waals surface area contributed by atoms with Crippen LogP contribution in [0.15, 0.2) is 12.1 Å². The molecule has 0 spiro atoms. The first-order chi connectivity index (χ1) is 9.85. The van der Waals surface area contributed by atoms with Crippen LogP contribution >= 0.6 is 0 Å². The van der Waals surface area contributed by atoms with E-state index < -0.39 is 9.84 Å². The second-order valence-corrected chi connectivity index (χ2v) is 8.31. The van der Waals surface area contributed by atoms with Crippen LogP contribution in [0, 0.1) is 6.92 Å². The third kappa shape index (κ3) is 4.97. The van der Waals surface area contributed by atoms with Crippen LogP contribution in [0.25, 0.3) is 0 Å². The Morgan fingerprint density at radius 3 is 2.76 bits per heavy atom. The molecule has 1 aliphatic rings. The van der Waals surface area contributed by atoms with Gasteiger partial charge >= 0.3 is 0 Å². The van der Waals surface area contributed by atoms with Gasteiger partial charge in [-0.2, -0.15) is 0 Å². The Hall–Kier alpha value is -1.14. The van der Waals surface area contributed by atoms with Gasteiger partial charge in [0, 0.05) is 31.4 Å². The lowest BCUT2D eigenvalue weighted by atomic mass is 10.2. The highest BCUT2D eigenvalue weighted by molar-refractivity contribution is 7.91. The third-order valence-electron chi connectivity index (χ3n) is 3.59. The summed E-state index contributed by atoms with van der Waals surface area (Å²) < 4.78 is 23.4. The van der Waals surface area contributed by atoms with Gasteiger partial charge in [0.1, 0.15) is 5.82 Å². The maximum Gasteiger partial charge on any atom is 0.152 e. The number of anilines is 1. The fraction of sp³-hybridized carbons (Fsp3) is 0.667. The zero-order valence-corrected chi connectivity index (χ0v) is 13.9. The molecule has 21 heavy (non-hydrogen) atoms. The van der Waals surface area contributed by atoms with E-state index >= 15 is 0 Å². The van der Waals surface area contributed by atoms with Gasteiger partial charge in [-0.25, -0.2) is 13.4 Å². The number of hydrogen-bond acceptors (Lipinski definition) is 5. The summed E-state index contributed by atoms with van der Waals surface area (Å²) in [5, 5.41) is 3.40. The molecule has 1 aromatic heterocycles. The number of rotatable bonds is 4. The van der Waals surface area contributed by atoms with Gasteiger partial charge in [-0.1, -0.05) is 13.8 Å². The number of nitrogens with one attached hydrogen (secondary N) is 1. The van der Waals surface area contributed by atoms with Crippen molar-refractivity contribution in [3.63, 3.8) is 0 Å². The maximum absolute atomic E-state index is 11.7. The Morgan fingerprint density at radius 1 is 1.29 bits per heavy atom. The number of nitrogens with zero attached hydrogens (tertiary/aromatic N) is 2. The molecular formula is C15H25N3O2S. The average Bonchev–Trinajstić information content (AvgIpc) is 2.57. The van der Waals surface area contributed by atoms with E-state index in [1.807, 2.05) is 6.92 Å². The van der Waals surface area contributed by atoms with E-state index in [4.69, 9.17) is 0 Å². The molecule has 0 amide bonds. The van der Waals surface area contributed by atoms with Crippen molar-refractivity contribution in [3.05, 3.63) is 23.4 Å². The Bertz CT molecular complexity index is 585. The molecule has 5 nitrogen and oxygen atoms in total. The standard InChI is InChI=1S/C15H25N3O2S/c1-12(2)16-11-14-9-13(3)17-15(10-14)18-5-4-7-21(19,20)8-6-18/h9-10,12,16H,4-8,11H2,1-3H3. The smallest absolute Gasteiger partial charge is 0.152 e. The van der Waals surface area contributed by atoms with Gasteiger partial charge in [0.05, 0.1) is 11.5 Å². The highest BCUT2D eigenvalue weighted by atomic mass is 32.2. The second-order valence-electron chi connectivity index (χ2n) is 6.00. The van der Waals surface area contributed by atoms with Gasteiger partial charge in [0.25, 0.3) is 0 Å². The molecule has 0 unspecified atom stereocenters. The zero-order chi connectivity index (χ0) is 15.5. The first kappa shape index (κ1) is 16.2. The van der Waals surface area contributed by atoms with Crippen molar-refractivity contribution in [3.8, 4) is 0 Å². The van der Waals surface area contributed by atoms with Crippen LogP contribution in [0.5, 0.6) is 0 Å². The molecule has 1 saturated heterocycles. The highest BCUT2D eigenvalue weighted by Crippen LogP contribution is 2.18. The SMILES string of the molecule is Cc1cc(CNC(C)C)cc(N2CCCS(=O)(=O)CC2)n1. The monoisotopic (exact) mass is 311 g/mol. The van der Waals surface area contributed by atoms with Crippen LogP contribution in [0.4, 0.5) is 5.82 Å². The van der Waals surface area contributed by atoms with Crippen molar-refractivity contribution in [2.45, 2.75) is 39.8 Å². The van der Waals surface area contributed by atoms with Crippen molar-refractivity contribution in [1.29, 1.82) is 0 Å². The summed E-state index contributed by atoms with van der Waals surface area (Å²) >= 11 is 0. The molecule has 6 heteroatoms. The van der Waals surface area contributed by atoms with Crippen molar-refractivity contribution < 1.29 is 8.42 Å². The topological polar surface area (TPSA) is 62.3 Å². The summed E-state index contributed by atoms with van der Waals surface area (Å²) in [7, 11) is -2.88. The molecule has 0 aliphatic carbocycles. The molecule has 0 radical (unpaired) electrons. The van der Waals surface area contributed by atoms with Crippen molar-refractivity contribution in [2.75, 3.05) is 29.5 Å². The van der Waals surface area contributed by atoms with Gasteiger partial charge < -0.3 is 10.2 Å². The van der Waals surface area contributed by atoms with Crippen LogP contribution < -0.4 is 10.2 Å². The van der Waals surface area contributed by atoms with E-state index in [9.17, 15) is 8.42 Å². The Morgan fingerprint density at radius 2 is 2.05 bits per heavy atom. The van der Waals surface area contributed by atoms with E-state index in [0.29, 0.717) is 19.0 Å². The van der Waals surface area contributed by atoms with Crippen molar-refractivity contribution >= 4 is 15.7 Å². The average molecular weight is 311 g/mol. The zero-order valence-electron chi connectivity index (χ0n) is 13.1. The predicted molar refractivity (Wildman–Crippen MR) is 86.4 cm³/mol. The van der Waals surface area contributed by atoms with Gasteiger partial charge in [-0.3, -0.25) is 0 Å². The number of pyridine rings is 1. The summed E-state index contributed by atoms with van der Waals surface area (Å²) in [6.07, 6.45) is 0.678. The first-order valence-corrected chi connectivity index (χ1v) is 9.34. The molecule has 1 N–H and O–H groups in total. The fourth-order valence-electron chi connectivity index (χ4n) is 2.47. The summed E-state index contributed by atoms with van der Waals surface area (Å²) in [5.74, 6) is 1.41. The number of aryl methyl sites for hydroxylation is 1. The number of aromatic nitrogens is 1. The summed E-state index contributed by atoms with van der Waals surface area (Å²) in [6, 6.07) is 4.58. The minimum atomic E-state index is -2.88. The van der Waals surface area contributed by atoms with Crippen LogP contribution in [-0.4, -0.2) is 44.0 Å². The largest absolute Gasteiger partial charge is 0.356 e. The maximum atomic E-state index is 11.7. The van der Waals surface area contributed by atoms with E-state index in [2.05, 4.69) is 41.2 Å². The molecule has 0 bridgehead atoms. The predicted octanol–water partition coefficient (Wildman–Crippen LogP) is 1.51. The van der Waals surface area contributed by atoms with E-state index in [-0.39, 0.29) is 11.5 Å². The molecule has 0 atom stereocenters. The van der Waals surface area contributed by atoms with Crippen LogP contribution in [0.2, 0.25) is 0 Å². The molecule has 2 rings (SSSR count).